The average molecular weight is 1000 g/mol. The van der Waals surface area contributed by atoms with Crippen molar-refractivity contribution in [2.75, 3.05) is 6.61 Å². The van der Waals surface area contributed by atoms with Crippen LogP contribution in [0.25, 0.3) is 0 Å². The zero-order valence-electron chi connectivity index (χ0n) is 48.0. The summed E-state index contributed by atoms with van der Waals surface area (Å²) in [6.07, 6.45) is 74.3. The van der Waals surface area contributed by atoms with Crippen molar-refractivity contribution in [3.63, 3.8) is 0 Å². The minimum atomic E-state index is -1.28. The summed E-state index contributed by atoms with van der Waals surface area (Å²) in [7, 11) is 0. The van der Waals surface area contributed by atoms with E-state index in [-0.39, 0.29) is 0 Å². The molecule has 0 aliphatic carbocycles. The Labute approximate surface area is 444 Å². The van der Waals surface area contributed by atoms with Crippen molar-refractivity contribution in [1.29, 1.82) is 0 Å². The van der Waals surface area contributed by atoms with Gasteiger partial charge in [-0.3, -0.25) is 4.79 Å². The number of carbonyl (C=O) groups excluding carboxylic acids is 1. The Morgan fingerprint density at radius 2 is 0.577 bits per heavy atom. The van der Waals surface area contributed by atoms with E-state index in [1.54, 1.807) is 0 Å². The molecule has 0 aromatic rings. The second-order valence-corrected chi connectivity index (χ2v) is 22.5. The van der Waals surface area contributed by atoms with Gasteiger partial charge in [0.1, 0.15) is 12.2 Å². The first-order chi connectivity index (χ1) is 35.0. The number of amides is 1. The van der Waals surface area contributed by atoms with Crippen molar-refractivity contribution in [2.45, 2.75) is 379 Å². The number of nitrogens with one attached hydrogen (secondary N) is 1. The Bertz CT molecular complexity index is 1080. The number of carbonyl (C=O) groups is 1. The van der Waals surface area contributed by atoms with Gasteiger partial charge >= 0.3 is 0 Å². The second kappa shape index (κ2) is 59.7. The normalized spacial score (nSPS) is 13.7. The van der Waals surface area contributed by atoms with Crippen LogP contribution in [-0.2, 0) is 4.79 Å². The third-order valence-electron chi connectivity index (χ3n) is 15.4. The predicted octanol–water partition coefficient (Wildman–Crippen LogP) is 19.4. The molecule has 1 amide bonds. The lowest BCUT2D eigenvalue weighted by Gasteiger charge is -2.27. The van der Waals surface area contributed by atoms with Crippen molar-refractivity contribution in [3.8, 4) is 0 Å². The van der Waals surface area contributed by atoms with E-state index in [2.05, 4.69) is 43.5 Å². The van der Waals surface area contributed by atoms with Crippen LogP contribution >= 0.6 is 0 Å². The van der Waals surface area contributed by atoms with Crippen LogP contribution in [-0.4, -0.2) is 57.3 Å². The van der Waals surface area contributed by atoms with E-state index in [4.69, 9.17) is 0 Å². The monoisotopic (exact) mass is 1000 g/mol. The Balaban J connectivity index is 3.59. The van der Waals surface area contributed by atoms with Crippen LogP contribution in [0.5, 0.6) is 0 Å². The molecule has 0 spiro atoms. The molecular formula is C65H127NO5. The van der Waals surface area contributed by atoms with Gasteiger partial charge in [-0.1, -0.05) is 314 Å². The molecule has 6 nitrogen and oxygen atoms in total. The Morgan fingerprint density at radius 3 is 0.845 bits per heavy atom. The minimum Gasteiger partial charge on any atom is -0.394 e. The molecule has 4 unspecified atom stereocenters. The fourth-order valence-corrected chi connectivity index (χ4v) is 10.3. The fraction of sp³-hybridized carbons (Fsp3) is 0.923. The summed E-state index contributed by atoms with van der Waals surface area (Å²) >= 11 is 0. The molecule has 0 aliphatic rings. The zero-order valence-corrected chi connectivity index (χ0v) is 48.0. The molecule has 0 heterocycles. The highest BCUT2D eigenvalue weighted by Crippen LogP contribution is 2.19. The Hall–Kier alpha value is -1.21. The maximum absolute atomic E-state index is 12.6. The molecule has 0 aromatic heterocycles. The molecular weight excluding hydrogens is 875 g/mol. The lowest BCUT2D eigenvalue weighted by molar-refractivity contribution is -0.132. The number of hydrogen-bond acceptors (Lipinski definition) is 5. The summed E-state index contributed by atoms with van der Waals surface area (Å²) < 4.78 is 0. The van der Waals surface area contributed by atoms with Gasteiger partial charge in [-0.15, -0.1) is 0 Å². The largest absolute Gasteiger partial charge is 0.394 e. The first-order valence-corrected chi connectivity index (χ1v) is 32.2. The number of aliphatic hydroxyl groups is 4. The summed E-state index contributed by atoms with van der Waals surface area (Å²) in [5.41, 5.74) is 0. The van der Waals surface area contributed by atoms with Gasteiger partial charge in [0.15, 0.2) is 0 Å². The summed E-state index contributed by atoms with van der Waals surface area (Å²) in [6, 6.07) is -1.00. The SMILES string of the molecule is CCCCCCCCCCCCCC/C=C\CCCCCCCCCCCCCCCCC(O)C(=O)NC(CO)C(O)C(O)CCC/C=C/CCCCCCCCCCCCCCCCCCCCCC. The smallest absolute Gasteiger partial charge is 0.249 e. The van der Waals surface area contributed by atoms with Gasteiger partial charge in [-0.25, -0.2) is 0 Å². The van der Waals surface area contributed by atoms with E-state index >= 15 is 0 Å². The highest BCUT2D eigenvalue weighted by molar-refractivity contribution is 5.80. The third-order valence-corrected chi connectivity index (χ3v) is 15.4. The number of rotatable bonds is 60. The average Bonchev–Trinajstić information content (AvgIpc) is 3.38. The summed E-state index contributed by atoms with van der Waals surface area (Å²) in [6.45, 7) is 4.09. The maximum atomic E-state index is 12.6. The number of unbranched alkanes of at least 4 members (excludes halogenated alkanes) is 47. The lowest BCUT2D eigenvalue weighted by atomic mass is 10.00. The molecule has 0 rings (SSSR count). The predicted molar refractivity (Wildman–Crippen MR) is 311 cm³/mol. The van der Waals surface area contributed by atoms with E-state index < -0.39 is 36.9 Å². The van der Waals surface area contributed by atoms with Crippen molar-refractivity contribution in [1.82, 2.24) is 5.32 Å². The third kappa shape index (κ3) is 53.4. The molecule has 0 radical (unpaired) electrons. The molecule has 71 heavy (non-hydrogen) atoms. The molecule has 422 valence electrons. The standard InChI is InChI=1S/C65H127NO5/c1-3-5-7-9-11-13-15-17-19-21-23-25-27-29-30-31-32-33-35-37-39-41-43-45-47-49-51-53-55-57-59-63(69)65(71)66-61(60-67)64(70)62(68)58-56-54-52-50-48-46-44-42-40-38-36-34-28-26-24-22-20-18-16-14-12-10-8-6-4-2/h29-30,50,52,61-64,67-70H,3-28,31-49,51,53-60H2,1-2H3,(H,66,71)/b30-29-,52-50+. The summed E-state index contributed by atoms with van der Waals surface area (Å²) in [5, 5.41) is 44.1. The zero-order chi connectivity index (χ0) is 51.6. The van der Waals surface area contributed by atoms with E-state index in [9.17, 15) is 25.2 Å². The van der Waals surface area contributed by atoms with Crippen LogP contribution in [0.15, 0.2) is 24.3 Å². The van der Waals surface area contributed by atoms with Gasteiger partial charge in [0.2, 0.25) is 5.91 Å². The van der Waals surface area contributed by atoms with Crippen LogP contribution in [0.3, 0.4) is 0 Å². The van der Waals surface area contributed by atoms with Crippen LogP contribution in [0.2, 0.25) is 0 Å². The van der Waals surface area contributed by atoms with Crippen LogP contribution in [0.4, 0.5) is 0 Å². The second-order valence-electron chi connectivity index (χ2n) is 22.5. The van der Waals surface area contributed by atoms with Crippen LogP contribution in [0.1, 0.15) is 354 Å². The summed E-state index contributed by atoms with van der Waals surface area (Å²) in [4.78, 5) is 12.6. The highest BCUT2D eigenvalue weighted by Gasteiger charge is 2.28. The van der Waals surface area contributed by atoms with Crippen LogP contribution in [0, 0.1) is 0 Å². The van der Waals surface area contributed by atoms with Gasteiger partial charge in [-0.2, -0.15) is 0 Å². The quantitative estimate of drug-likeness (QED) is 0.0308. The molecule has 0 saturated carbocycles. The topological polar surface area (TPSA) is 110 Å². The number of allylic oxidation sites excluding steroid dienone is 4. The van der Waals surface area contributed by atoms with E-state index in [1.165, 1.54) is 289 Å². The molecule has 4 atom stereocenters. The minimum absolute atomic E-state index is 0.366. The van der Waals surface area contributed by atoms with Crippen molar-refractivity contribution < 1.29 is 25.2 Å². The molecule has 0 aliphatic heterocycles. The van der Waals surface area contributed by atoms with Gasteiger partial charge in [-0.05, 0) is 64.2 Å². The molecule has 0 saturated heterocycles. The van der Waals surface area contributed by atoms with Gasteiger partial charge in [0.05, 0.1) is 18.8 Å². The van der Waals surface area contributed by atoms with Gasteiger partial charge in [0.25, 0.3) is 0 Å². The van der Waals surface area contributed by atoms with E-state index in [1.807, 2.05) is 0 Å². The molecule has 5 N–H and O–H groups in total. The lowest BCUT2D eigenvalue weighted by Crippen LogP contribution is -2.53. The molecule has 0 aromatic carbocycles. The number of aliphatic hydroxyl groups excluding tert-OH is 4. The van der Waals surface area contributed by atoms with Crippen molar-refractivity contribution >= 4 is 5.91 Å². The van der Waals surface area contributed by atoms with E-state index in [0.29, 0.717) is 12.8 Å². The molecule has 0 bridgehead atoms. The molecule has 0 fully saturated rings. The maximum Gasteiger partial charge on any atom is 0.249 e. The van der Waals surface area contributed by atoms with E-state index in [0.717, 1.165) is 38.5 Å². The fourth-order valence-electron chi connectivity index (χ4n) is 10.3. The summed E-state index contributed by atoms with van der Waals surface area (Å²) in [5.74, 6) is -0.587. The van der Waals surface area contributed by atoms with Crippen molar-refractivity contribution in [2.24, 2.45) is 0 Å². The van der Waals surface area contributed by atoms with Gasteiger partial charge in [0, 0.05) is 0 Å². The first kappa shape index (κ1) is 69.8. The van der Waals surface area contributed by atoms with Crippen molar-refractivity contribution in [3.05, 3.63) is 24.3 Å². The van der Waals surface area contributed by atoms with Gasteiger partial charge < -0.3 is 25.7 Å². The number of hydrogen-bond donors (Lipinski definition) is 5. The molecule has 6 heteroatoms. The first-order valence-electron chi connectivity index (χ1n) is 32.2. The Morgan fingerprint density at radius 1 is 0.338 bits per heavy atom. The van der Waals surface area contributed by atoms with Crippen LogP contribution < -0.4 is 5.32 Å². The highest BCUT2D eigenvalue weighted by atomic mass is 16.3. The Kier molecular flexibility index (Phi) is 58.6.